The van der Waals surface area contributed by atoms with Gasteiger partial charge in [-0.2, -0.15) is 0 Å². The average Bonchev–Trinajstić information content (AvgIpc) is 1.84. The molecule has 0 aromatic carbocycles. The number of hydrogen-bond donors (Lipinski definition) is 2. The summed E-state index contributed by atoms with van der Waals surface area (Å²) in [6, 6.07) is -1.70. The Morgan fingerprint density at radius 1 is 1.00 bits per heavy atom. The topological polar surface area (TPSA) is 86.2 Å². The van der Waals surface area contributed by atoms with E-state index in [2.05, 4.69) is 0 Å². The zero-order valence-corrected chi connectivity index (χ0v) is 6.13. The number of carbonyl (C=O) groups excluding carboxylic acids is 2. The molecule has 0 aliphatic carbocycles. The van der Waals surface area contributed by atoms with Gasteiger partial charge in [0.2, 0.25) is 0 Å². The van der Waals surface area contributed by atoms with Gasteiger partial charge < -0.3 is 11.5 Å². The van der Waals surface area contributed by atoms with E-state index in [9.17, 15) is 9.59 Å². The number of nitrogens with two attached hydrogens (primary N) is 2. The van der Waals surface area contributed by atoms with E-state index in [4.69, 9.17) is 11.5 Å². The molecule has 0 aromatic heterocycles. The fourth-order valence-electron chi connectivity index (χ4n) is 0.506. The van der Waals surface area contributed by atoms with Gasteiger partial charge in [-0.05, 0) is 13.8 Å². The van der Waals surface area contributed by atoms with E-state index in [1.54, 1.807) is 0 Å². The van der Waals surface area contributed by atoms with Gasteiger partial charge in [0, 0.05) is 0 Å². The summed E-state index contributed by atoms with van der Waals surface area (Å²) in [5, 5.41) is 0. The molecule has 0 fully saturated rings. The first-order chi connectivity index (χ1) is 4.46. The van der Waals surface area contributed by atoms with E-state index in [1.807, 2.05) is 0 Å². The molecule has 58 valence electrons. The number of ketones is 2. The maximum absolute atomic E-state index is 10.5. The van der Waals surface area contributed by atoms with Gasteiger partial charge in [-0.1, -0.05) is 0 Å². The van der Waals surface area contributed by atoms with Crippen molar-refractivity contribution in [3.05, 3.63) is 0 Å². The van der Waals surface area contributed by atoms with Crippen LogP contribution in [0.25, 0.3) is 0 Å². The van der Waals surface area contributed by atoms with Crippen molar-refractivity contribution in [1.82, 2.24) is 0 Å². The molecule has 0 aliphatic heterocycles. The molecule has 0 saturated carbocycles. The van der Waals surface area contributed by atoms with Gasteiger partial charge in [-0.3, -0.25) is 9.59 Å². The average molecular weight is 144 g/mol. The SMILES string of the molecule is CC(=O)C(N)C(N)C(C)=O. The van der Waals surface area contributed by atoms with Gasteiger partial charge >= 0.3 is 0 Å². The highest BCUT2D eigenvalue weighted by atomic mass is 16.1. The third-order valence-electron chi connectivity index (χ3n) is 1.33. The van der Waals surface area contributed by atoms with Gasteiger partial charge in [0.25, 0.3) is 0 Å². The van der Waals surface area contributed by atoms with Crippen molar-refractivity contribution in [1.29, 1.82) is 0 Å². The summed E-state index contributed by atoms with van der Waals surface area (Å²) in [4.78, 5) is 21.1. The van der Waals surface area contributed by atoms with Gasteiger partial charge in [-0.25, -0.2) is 0 Å². The lowest BCUT2D eigenvalue weighted by Crippen LogP contribution is -2.50. The van der Waals surface area contributed by atoms with Crippen molar-refractivity contribution < 1.29 is 9.59 Å². The molecule has 0 spiro atoms. The van der Waals surface area contributed by atoms with Crippen molar-refractivity contribution in [2.75, 3.05) is 0 Å². The van der Waals surface area contributed by atoms with Crippen molar-refractivity contribution in [3.8, 4) is 0 Å². The summed E-state index contributed by atoms with van der Waals surface area (Å²) in [7, 11) is 0. The van der Waals surface area contributed by atoms with Crippen molar-refractivity contribution in [2.24, 2.45) is 11.5 Å². The lowest BCUT2D eigenvalue weighted by Gasteiger charge is -2.12. The molecule has 0 bridgehead atoms. The second-order valence-electron chi connectivity index (χ2n) is 2.27. The molecule has 0 saturated heterocycles. The van der Waals surface area contributed by atoms with Crippen LogP contribution < -0.4 is 11.5 Å². The summed E-state index contributed by atoms with van der Waals surface area (Å²) in [6.07, 6.45) is 0. The monoisotopic (exact) mass is 144 g/mol. The Hall–Kier alpha value is -0.740. The molecule has 0 heterocycles. The summed E-state index contributed by atoms with van der Waals surface area (Å²) in [5.74, 6) is -0.523. The molecule has 0 aromatic rings. The highest BCUT2D eigenvalue weighted by Crippen LogP contribution is 1.89. The Kier molecular flexibility index (Phi) is 3.18. The Labute approximate surface area is 59.6 Å². The van der Waals surface area contributed by atoms with Crippen molar-refractivity contribution in [2.45, 2.75) is 25.9 Å². The first-order valence-corrected chi connectivity index (χ1v) is 2.99. The van der Waals surface area contributed by atoms with Crippen LogP contribution in [0.2, 0.25) is 0 Å². The van der Waals surface area contributed by atoms with Gasteiger partial charge in [0.1, 0.15) is 11.6 Å². The van der Waals surface area contributed by atoms with E-state index in [0.29, 0.717) is 0 Å². The van der Waals surface area contributed by atoms with Crippen molar-refractivity contribution in [3.63, 3.8) is 0 Å². The van der Waals surface area contributed by atoms with Gasteiger partial charge in [0.05, 0.1) is 12.1 Å². The van der Waals surface area contributed by atoms with Gasteiger partial charge in [-0.15, -0.1) is 0 Å². The zero-order valence-electron chi connectivity index (χ0n) is 6.13. The van der Waals surface area contributed by atoms with Crippen LogP contribution in [0.1, 0.15) is 13.8 Å². The second-order valence-corrected chi connectivity index (χ2v) is 2.27. The van der Waals surface area contributed by atoms with Gasteiger partial charge in [0.15, 0.2) is 0 Å². The number of Topliss-reactive ketones (excluding diaryl/α,β-unsaturated/α-hetero) is 2. The number of rotatable bonds is 3. The lowest BCUT2D eigenvalue weighted by atomic mass is 10.0. The van der Waals surface area contributed by atoms with Crippen LogP contribution >= 0.6 is 0 Å². The molecule has 4 nitrogen and oxygen atoms in total. The minimum absolute atomic E-state index is 0.261. The molecule has 0 aliphatic rings. The Balaban J connectivity index is 4.07. The standard InChI is InChI=1S/C6H12N2O2/c1-3(9)5(7)6(8)4(2)10/h5-6H,7-8H2,1-2H3. The van der Waals surface area contributed by atoms with Crippen LogP contribution in [0, 0.1) is 0 Å². The number of carbonyl (C=O) groups is 2. The van der Waals surface area contributed by atoms with E-state index < -0.39 is 12.1 Å². The second kappa shape index (κ2) is 3.43. The molecule has 4 heteroatoms. The van der Waals surface area contributed by atoms with E-state index in [1.165, 1.54) is 13.8 Å². The first-order valence-electron chi connectivity index (χ1n) is 2.99. The normalized spacial score (nSPS) is 16.0. The summed E-state index contributed by atoms with van der Waals surface area (Å²) in [6.45, 7) is 2.63. The van der Waals surface area contributed by atoms with Crippen LogP contribution in [-0.4, -0.2) is 23.7 Å². The minimum Gasteiger partial charge on any atom is -0.320 e. The summed E-state index contributed by atoms with van der Waals surface area (Å²) >= 11 is 0. The van der Waals surface area contributed by atoms with Crippen LogP contribution in [0.5, 0.6) is 0 Å². The molecule has 2 unspecified atom stereocenters. The zero-order chi connectivity index (χ0) is 8.31. The highest BCUT2D eigenvalue weighted by molar-refractivity contribution is 5.91. The largest absolute Gasteiger partial charge is 0.320 e. The van der Waals surface area contributed by atoms with Crippen molar-refractivity contribution >= 4 is 11.6 Å². The summed E-state index contributed by atoms with van der Waals surface area (Å²) < 4.78 is 0. The molecule has 2 atom stereocenters. The van der Waals surface area contributed by atoms with E-state index >= 15 is 0 Å². The Bertz CT molecular complexity index is 138. The molecular formula is C6H12N2O2. The third kappa shape index (κ3) is 2.24. The predicted octanol–water partition coefficient (Wildman–Crippen LogP) is -1.18. The maximum Gasteiger partial charge on any atom is 0.148 e. The third-order valence-corrected chi connectivity index (χ3v) is 1.33. The smallest absolute Gasteiger partial charge is 0.148 e. The first kappa shape index (κ1) is 9.26. The van der Waals surface area contributed by atoms with E-state index in [-0.39, 0.29) is 11.6 Å². The highest BCUT2D eigenvalue weighted by Gasteiger charge is 2.20. The molecule has 0 amide bonds. The van der Waals surface area contributed by atoms with Crippen LogP contribution in [0.15, 0.2) is 0 Å². The quantitative estimate of drug-likeness (QED) is 0.522. The molecule has 10 heavy (non-hydrogen) atoms. The lowest BCUT2D eigenvalue weighted by molar-refractivity contribution is -0.124. The number of hydrogen-bond acceptors (Lipinski definition) is 4. The summed E-state index contributed by atoms with van der Waals surface area (Å²) in [5.41, 5.74) is 10.5. The predicted molar refractivity (Wildman–Crippen MR) is 37.3 cm³/mol. The molecule has 4 N–H and O–H groups in total. The maximum atomic E-state index is 10.5. The molecule has 0 radical (unpaired) electrons. The van der Waals surface area contributed by atoms with Crippen LogP contribution in [0.3, 0.4) is 0 Å². The molecular weight excluding hydrogens is 132 g/mol. The Morgan fingerprint density at radius 2 is 1.20 bits per heavy atom. The minimum atomic E-state index is -0.850. The molecule has 0 rings (SSSR count). The van der Waals surface area contributed by atoms with Crippen LogP contribution in [0.4, 0.5) is 0 Å². The fraction of sp³-hybridized carbons (Fsp3) is 0.667. The fourth-order valence-corrected chi connectivity index (χ4v) is 0.506. The Morgan fingerprint density at radius 3 is 1.30 bits per heavy atom. The van der Waals surface area contributed by atoms with Crippen LogP contribution in [-0.2, 0) is 9.59 Å². The van der Waals surface area contributed by atoms with E-state index in [0.717, 1.165) is 0 Å².